The smallest absolute Gasteiger partial charge is 0.374 e. The number of nitrogens with two attached hydrogens (primary N) is 1. The van der Waals surface area contributed by atoms with E-state index in [4.69, 9.17) is 20.0 Å². The van der Waals surface area contributed by atoms with Gasteiger partial charge in [0.1, 0.15) is 5.58 Å². The van der Waals surface area contributed by atoms with E-state index < -0.39 is 12.1 Å². The number of rotatable bonds is 4. The second-order valence-electron chi connectivity index (χ2n) is 4.18. The second-order valence-corrected chi connectivity index (χ2v) is 4.18. The van der Waals surface area contributed by atoms with Gasteiger partial charge in [-0.15, -0.1) is 0 Å². The van der Waals surface area contributed by atoms with Gasteiger partial charge in [0.25, 0.3) is 0 Å². The molecule has 0 aliphatic heterocycles. The van der Waals surface area contributed by atoms with Crippen LogP contribution < -0.4 is 5.73 Å². The van der Waals surface area contributed by atoms with Crippen LogP contribution in [0.5, 0.6) is 0 Å². The molecule has 0 fully saturated rings. The molecule has 1 unspecified atom stereocenters. The third-order valence-corrected chi connectivity index (χ3v) is 2.51. The van der Waals surface area contributed by atoms with Crippen molar-refractivity contribution >= 4 is 22.6 Å². The molecule has 2 rings (SSSR count). The van der Waals surface area contributed by atoms with E-state index in [1.807, 2.05) is 0 Å². The normalized spacial score (nSPS) is 12.6. The van der Waals surface area contributed by atoms with Gasteiger partial charge >= 0.3 is 5.97 Å². The molecule has 0 aliphatic carbocycles. The van der Waals surface area contributed by atoms with Crippen LogP contribution in [0.2, 0.25) is 0 Å². The maximum atomic E-state index is 11.7. The van der Waals surface area contributed by atoms with Crippen molar-refractivity contribution in [2.45, 2.75) is 19.4 Å². The fourth-order valence-electron chi connectivity index (χ4n) is 1.56. The fourth-order valence-corrected chi connectivity index (χ4v) is 1.56. The van der Waals surface area contributed by atoms with E-state index >= 15 is 0 Å². The van der Waals surface area contributed by atoms with Crippen LogP contribution in [0.25, 0.3) is 11.0 Å². The van der Waals surface area contributed by atoms with E-state index in [0.29, 0.717) is 17.7 Å². The van der Waals surface area contributed by atoms with Crippen molar-refractivity contribution in [1.82, 2.24) is 0 Å². The van der Waals surface area contributed by atoms with Crippen LogP contribution in [0.1, 0.15) is 23.9 Å². The second kappa shape index (κ2) is 5.10. The van der Waals surface area contributed by atoms with E-state index in [0.717, 1.165) is 5.39 Å². The lowest BCUT2D eigenvalue weighted by Gasteiger charge is -2.04. The molecule has 96 valence electrons. The topological polar surface area (TPSA) is 85.7 Å². The lowest BCUT2D eigenvalue weighted by Crippen LogP contribution is -2.10. The molecule has 0 spiro atoms. The number of ether oxygens (including phenoxy) is 1. The summed E-state index contributed by atoms with van der Waals surface area (Å²) in [5.74, 6) is -0.397. The van der Waals surface area contributed by atoms with Crippen molar-refractivity contribution in [2.24, 2.45) is 0 Å². The summed E-state index contributed by atoms with van der Waals surface area (Å²) in [4.78, 5) is 11.7. The van der Waals surface area contributed by atoms with Gasteiger partial charge in [-0.3, -0.25) is 0 Å². The van der Waals surface area contributed by atoms with Crippen molar-refractivity contribution in [3.8, 4) is 0 Å². The lowest BCUT2D eigenvalue weighted by molar-refractivity contribution is 0.0412. The summed E-state index contributed by atoms with van der Waals surface area (Å²) in [7, 11) is 0. The molecule has 0 aliphatic rings. The standard InChI is InChI=1S/C13H15NO4/c1-8(15)4-5-17-13(16)12-7-9-6-10(14)2-3-11(9)18-12/h2-3,6-8,15H,4-5,14H2,1H3. The van der Waals surface area contributed by atoms with Gasteiger partial charge in [-0.05, 0) is 31.2 Å². The fraction of sp³-hybridized carbons (Fsp3) is 0.308. The van der Waals surface area contributed by atoms with Crippen molar-refractivity contribution in [3.05, 3.63) is 30.0 Å². The van der Waals surface area contributed by atoms with Crippen LogP contribution in [0, 0.1) is 0 Å². The van der Waals surface area contributed by atoms with Gasteiger partial charge in [-0.25, -0.2) is 4.79 Å². The third-order valence-electron chi connectivity index (χ3n) is 2.51. The molecule has 2 aromatic rings. The summed E-state index contributed by atoms with van der Waals surface area (Å²) in [6, 6.07) is 6.73. The molecule has 1 aromatic heterocycles. The van der Waals surface area contributed by atoms with Crippen LogP contribution in [-0.2, 0) is 4.74 Å². The summed E-state index contributed by atoms with van der Waals surface area (Å²) in [5.41, 5.74) is 6.84. The number of hydrogen-bond donors (Lipinski definition) is 2. The van der Waals surface area contributed by atoms with Crippen molar-refractivity contribution in [2.75, 3.05) is 12.3 Å². The SMILES string of the molecule is CC(O)CCOC(=O)c1cc2cc(N)ccc2o1. The maximum absolute atomic E-state index is 11.7. The average molecular weight is 249 g/mol. The van der Waals surface area contributed by atoms with E-state index in [9.17, 15) is 4.79 Å². The zero-order valence-electron chi connectivity index (χ0n) is 10.1. The minimum absolute atomic E-state index is 0.140. The molecule has 3 N–H and O–H groups in total. The summed E-state index contributed by atoms with van der Waals surface area (Å²) < 4.78 is 10.3. The quantitative estimate of drug-likeness (QED) is 0.639. The third kappa shape index (κ3) is 2.81. The van der Waals surface area contributed by atoms with Gasteiger partial charge in [-0.2, -0.15) is 0 Å². The van der Waals surface area contributed by atoms with Crippen LogP contribution in [0.3, 0.4) is 0 Å². The minimum atomic E-state index is -0.537. The molecular formula is C13H15NO4. The molecule has 1 aromatic carbocycles. The number of carbonyl (C=O) groups excluding carboxylic acids is 1. The van der Waals surface area contributed by atoms with Crippen molar-refractivity contribution < 1.29 is 19.1 Å². The molecule has 5 heteroatoms. The number of benzene rings is 1. The number of fused-ring (bicyclic) bond motifs is 1. The first-order valence-corrected chi connectivity index (χ1v) is 5.70. The Morgan fingerprint density at radius 3 is 3.00 bits per heavy atom. The minimum Gasteiger partial charge on any atom is -0.460 e. The maximum Gasteiger partial charge on any atom is 0.374 e. The van der Waals surface area contributed by atoms with Gasteiger partial charge in [0.05, 0.1) is 12.7 Å². The van der Waals surface area contributed by atoms with E-state index in [-0.39, 0.29) is 12.4 Å². The summed E-state index contributed by atoms with van der Waals surface area (Å²) in [6.07, 6.45) is -0.0906. The van der Waals surface area contributed by atoms with Gasteiger partial charge in [0, 0.05) is 17.5 Å². The molecule has 0 saturated heterocycles. The van der Waals surface area contributed by atoms with Crippen molar-refractivity contribution in [3.63, 3.8) is 0 Å². The summed E-state index contributed by atoms with van der Waals surface area (Å²) in [5, 5.41) is 9.81. The number of esters is 1. The number of furan rings is 1. The largest absolute Gasteiger partial charge is 0.460 e. The lowest BCUT2D eigenvalue weighted by atomic mass is 10.2. The Bertz CT molecular complexity index is 559. The van der Waals surface area contributed by atoms with Crippen molar-refractivity contribution in [1.29, 1.82) is 0 Å². The molecule has 5 nitrogen and oxygen atoms in total. The van der Waals surface area contributed by atoms with Crippen LogP contribution in [0.15, 0.2) is 28.7 Å². The van der Waals surface area contributed by atoms with E-state index in [2.05, 4.69) is 0 Å². The average Bonchev–Trinajstić information content (AvgIpc) is 2.71. The molecule has 18 heavy (non-hydrogen) atoms. The first kappa shape index (κ1) is 12.4. The molecule has 1 atom stereocenters. The Morgan fingerprint density at radius 1 is 1.50 bits per heavy atom. The molecular weight excluding hydrogens is 234 g/mol. The predicted octanol–water partition coefficient (Wildman–Crippen LogP) is 1.94. The molecule has 0 amide bonds. The highest BCUT2D eigenvalue weighted by Crippen LogP contribution is 2.22. The van der Waals surface area contributed by atoms with Crippen LogP contribution in [-0.4, -0.2) is 23.8 Å². The Morgan fingerprint density at radius 2 is 2.28 bits per heavy atom. The van der Waals surface area contributed by atoms with E-state index in [1.54, 1.807) is 31.2 Å². The number of hydrogen-bond acceptors (Lipinski definition) is 5. The Balaban J connectivity index is 2.08. The molecule has 0 saturated carbocycles. The van der Waals surface area contributed by atoms with Crippen LogP contribution in [0.4, 0.5) is 5.69 Å². The molecule has 0 radical (unpaired) electrons. The highest BCUT2D eigenvalue weighted by atomic mass is 16.5. The predicted molar refractivity (Wildman–Crippen MR) is 67.2 cm³/mol. The van der Waals surface area contributed by atoms with Gasteiger partial charge in [-0.1, -0.05) is 0 Å². The number of aliphatic hydroxyl groups is 1. The Hall–Kier alpha value is -2.01. The van der Waals surface area contributed by atoms with Crippen LogP contribution >= 0.6 is 0 Å². The summed E-state index contributed by atoms with van der Waals surface area (Å²) in [6.45, 7) is 1.80. The zero-order chi connectivity index (χ0) is 13.1. The highest BCUT2D eigenvalue weighted by Gasteiger charge is 2.14. The highest BCUT2D eigenvalue weighted by molar-refractivity contribution is 5.93. The van der Waals surface area contributed by atoms with Gasteiger partial charge in [0.2, 0.25) is 5.76 Å². The zero-order valence-corrected chi connectivity index (χ0v) is 10.1. The first-order chi connectivity index (χ1) is 8.56. The Kier molecular flexibility index (Phi) is 3.53. The summed E-state index contributed by atoms with van der Waals surface area (Å²) >= 11 is 0. The number of aliphatic hydroxyl groups excluding tert-OH is 1. The Labute approximate surface area is 104 Å². The van der Waals surface area contributed by atoms with E-state index in [1.165, 1.54) is 0 Å². The van der Waals surface area contributed by atoms with Gasteiger partial charge in [0.15, 0.2) is 0 Å². The number of nitrogen functional groups attached to an aromatic ring is 1. The monoisotopic (exact) mass is 249 g/mol. The number of anilines is 1. The molecule has 1 heterocycles. The molecule has 0 bridgehead atoms. The number of carbonyl (C=O) groups is 1. The first-order valence-electron chi connectivity index (χ1n) is 5.70. The van der Waals surface area contributed by atoms with Gasteiger partial charge < -0.3 is 20.0 Å².